The Balaban J connectivity index is 0.000000377. The number of nitrogens with zero attached hydrogens (tertiary/aromatic N) is 1. The minimum atomic E-state index is -4.05. The molecule has 0 saturated carbocycles. The van der Waals surface area contributed by atoms with Crippen LogP contribution in [0.4, 0.5) is 5.69 Å². The van der Waals surface area contributed by atoms with Gasteiger partial charge < -0.3 is 14.2 Å². The molecule has 16 nitrogen and oxygen atoms in total. The van der Waals surface area contributed by atoms with Crippen molar-refractivity contribution in [2.45, 2.75) is 14.7 Å². The summed E-state index contributed by atoms with van der Waals surface area (Å²) in [4.78, 5) is 9.97. The minimum Gasteiger partial charge on any atom is -0.491 e. The van der Waals surface area contributed by atoms with Crippen LogP contribution in [0.5, 0.6) is 11.5 Å². The maximum Gasteiger partial charge on any atom is 0.297 e. The summed E-state index contributed by atoms with van der Waals surface area (Å²) in [6.45, 7) is 6.45. The molecule has 0 unspecified atom stereocenters. The highest BCUT2D eigenvalue weighted by Crippen LogP contribution is 2.19. The van der Waals surface area contributed by atoms with Crippen LogP contribution in [0.2, 0.25) is 0 Å². The van der Waals surface area contributed by atoms with E-state index < -0.39 is 44.8 Å². The van der Waals surface area contributed by atoms with Crippen molar-refractivity contribution in [3.8, 4) is 11.5 Å². The maximum atomic E-state index is 12.0. The second-order valence-electron chi connectivity index (χ2n) is 9.23. The van der Waals surface area contributed by atoms with Gasteiger partial charge in [0.1, 0.15) is 31.3 Å². The SMILES string of the molecule is C=CS(=O)(=O)c1ccc(OCCOCCOS(=O)(=O)c2ccc([N+](=O)[O-])cc2)cc1.C=CS(=O)(=O)c1ccc(OCCOS(C)(=O)=O)cc1. The Bertz CT molecular complexity index is 1990. The van der Waals surface area contributed by atoms with Crippen LogP contribution in [0.15, 0.2) is 111 Å². The molecule has 0 radical (unpaired) electrons. The van der Waals surface area contributed by atoms with E-state index in [0.717, 1.165) is 41.3 Å². The van der Waals surface area contributed by atoms with Crippen LogP contribution in [0.1, 0.15) is 0 Å². The number of hydrogen-bond acceptors (Lipinski definition) is 15. The summed E-state index contributed by atoms with van der Waals surface area (Å²) < 4.78 is 117. The number of ether oxygens (including phenoxy) is 3. The Labute approximate surface area is 284 Å². The van der Waals surface area contributed by atoms with E-state index in [9.17, 15) is 43.8 Å². The van der Waals surface area contributed by atoms with Gasteiger partial charge in [-0.3, -0.25) is 18.5 Å². The third-order valence-electron chi connectivity index (χ3n) is 5.69. The third kappa shape index (κ3) is 14.5. The highest BCUT2D eigenvalue weighted by Gasteiger charge is 2.17. The van der Waals surface area contributed by atoms with Crippen molar-refractivity contribution in [1.29, 1.82) is 0 Å². The van der Waals surface area contributed by atoms with Crippen molar-refractivity contribution >= 4 is 45.6 Å². The van der Waals surface area contributed by atoms with Crippen LogP contribution in [0, 0.1) is 10.1 Å². The zero-order valence-corrected chi connectivity index (χ0v) is 29.2. The van der Waals surface area contributed by atoms with Crippen molar-refractivity contribution in [1.82, 2.24) is 0 Å². The predicted octanol–water partition coefficient (Wildman–Crippen LogP) is 3.27. The van der Waals surface area contributed by atoms with E-state index in [4.69, 9.17) is 18.4 Å². The van der Waals surface area contributed by atoms with E-state index >= 15 is 0 Å². The van der Waals surface area contributed by atoms with Gasteiger partial charge in [0.2, 0.25) is 0 Å². The molecule has 0 aliphatic heterocycles. The molecule has 0 fully saturated rings. The molecule has 0 bridgehead atoms. The molecule has 268 valence electrons. The molecule has 0 amide bonds. The first kappa shape index (κ1) is 41.0. The molecule has 20 heteroatoms. The average Bonchev–Trinajstić information content (AvgIpc) is 3.06. The monoisotopic (exact) mass is 763 g/mol. The molecule has 0 atom stereocenters. The van der Waals surface area contributed by atoms with E-state index in [2.05, 4.69) is 17.3 Å². The van der Waals surface area contributed by atoms with Crippen LogP contribution in [0.25, 0.3) is 0 Å². The Morgan fingerprint density at radius 3 is 1.39 bits per heavy atom. The predicted molar refractivity (Wildman–Crippen MR) is 176 cm³/mol. The van der Waals surface area contributed by atoms with E-state index in [-0.39, 0.29) is 60.0 Å². The fourth-order valence-electron chi connectivity index (χ4n) is 3.31. The molecule has 0 aromatic heterocycles. The number of nitro groups is 1. The van der Waals surface area contributed by atoms with Crippen molar-refractivity contribution < 1.29 is 61.2 Å². The molecule has 3 aromatic carbocycles. The maximum absolute atomic E-state index is 12.0. The minimum absolute atomic E-state index is 0.0217. The van der Waals surface area contributed by atoms with Gasteiger partial charge in [-0.25, -0.2) is 16.8 Å². The van der Waals surface area contributed by atoms with E-state index in [1.165, 1.54) is 48.5 Å². The molecule has 0 heterocycles. The molecule has 3 rings (SSSR count). The lowest BCUT2D eigenvalue weighted by Gasteiger charge is -2.08. The van der Waals surface area contributed by atoms with E-state index in [0.29, 0.717) is 11.5 Å². The van der Waals surface area contributed by atoms with Crippen molar-refractivity contribution in [3.63, 3.8) is 0 Å². The Hall–Kier alpha value is -4.18. The lowest BCUT2D eigenvalue weighted by Crippen LogP contribution is -2.14. The Kier molecular flexibility index (Phi) is 15.5. The quantitative estimate of drug-likeness (QED) is 0.0739. The number of rotatable bonds is 19. The molecule has 0 spiro atoms. The molecule has 3 aromatic rings. The van der Waals surface area contributed by atoms with Gasteiger partial charge >= 0.3 is 0 Å². The van der Waals surface area contributed by atoms with Crippen LogP contribution in [-0.4, -0.2) is 84.5 Å². The summed E-state index contributed by atoms with van der Waals surface area (Å²) in [6.07, 6.45) is 0.946. The summed E-state index contributed by atoms with van der Waals surface area (Å²) >= 11 is 0. The largest absolute Gasteiger partial charge is 0.491 e. The summed E-state index contributed by atoms with van der Waals surface area (Å²) in [7, 11) is -14.5. The number of nitro benzene ring substituents is 1. The molecule has 49 heavy (non-hydrogen) atoms. The van der Waals surface area contributed by atoms with E-state index in [1.807, 2.05) is 0 Å². The molecule has 0 saturated heterocycles. The molecule has 0 aliphatic rings. The summed E-state index contributed by atoms with van der Waals surface area (Å²) in [5, 5.41) is 12.3. The van der Waals surface area contributed by atoms with Gasteiger partial charge in [0, 0.05) is 22.9 Å². The normalized spacial score (nSPS) is 11.9. The highest BCUT2D eigenvalue weighted by atomic mass is 32.2. The molecule has 0 N–H and O–H groups in total. The first-order valence-electron chi connectivity index (χ1n) is 13.7. The van der Waals surface area contributed by atoms with Crippen molar-refractivity contribution in [3.05, 3.63) is 107 Å². The fraction of sp³-hybridized carbons (Fsp3) is 0.241. The number of non-ortho nitro benzene ring substituents is 1. The first-order valence-corrected chi connectivity index (χ1v) is 20.0. The Morgan fingerprint density at radius 2 is 0.980 bits per heavy atom. The molecule has 0 aliphatic carbocycles. The first-order chi connectivity index (χ1) is 22.9. The van der Waals surface area contributed by atoms with Gasteiger partial charge in [-0.1, -0.05) is 13.2 Å². The average molecular weight is 764 g/mol. The highest BCUT2D eigenvalue weighted by molar-refractivity contribution is 7.94. The second kappa shape index (κ2) is 18.5. The molecular formula is C29H33NO15S4. The van der Waals surface area contributed by atoms with Gasteiger partial charge in [-0.05, 0) is 60.7 Å². The lowest BCUT2D eigenvalue weighted by atomic mass is 10.3. The van der Waals surface area contributed by atoms with Crippen LogP contribution >= 0.6 is 0 Å². The topological polar surface area (TPSA) is 226 Å². The summed E-state index contributed by atoms with van der Waals surface area (Å²) in [5.74, 6) is 0.860. The summed E-state index contributed by atoms with van der Waals surface area (Å²) in [5.41, 5.74) is -0.228. The summed E-state index contributed by atoms with van der Waals surface area (Å²) in [6, 6.07) is 15.8. The molecular weight excluding hydrogens is 731 g/mol. The zero-order chi connectivity index (χ0) is 36.7. The van der Waals surface area contributed by atoms with E-state index in [1.54, 1.807) is 0 Å². The van der Waals surface area contributed by atoms with Crippen LogP contribution in [-0.2, 0) is 53.0 Å². The van der Waals surface area contributed by atoms with Crippen LogP contribution in [0.3, 0.4) is 0 Å². The lowest BCUT2D eigenvalue weighted by molar-refractivity contribution is -0.384. The third-order valence-corrected chi connectivity index (χ3v) is 10.3. The van der Waals surface area contributed by atoms with Crippen molar-refractivity contribution in [2.24, 2.45) is 0 Å². The number of benzene rings is 3. The second-order valence-corrected chi connectivity index (χ2v) is 16.3. The fourth-order valence-corrected chi connectivity index (χ4v) is 5.99. The van der Waals surface area contributed by atoms with Gasteiger partial charge in [0.15, 0.2) is 19.7 Å². The zero-order valence-electron chi connectivity index (χ0n) is 25.9. The van der Waals surface area contributed by atoms with Gasteiger partial charge in [0.05, 0.1) is 45.7 Å². The van der Waals surface area contributed by atoms with Crippen molar-refractivity contribution in [2.75, 3.05) is 45.9 Å². The standard InChI is InChI=1S/C18H19NO9S2.C11H14O6S2/c1-2-29(22,23)17-9-5-16(6-10-17)27-13-11-26-12-14-28-30(24,25)18-7-3-15(4-8-18)19(20)21;1-3-19(14,15)11-6-4-10(5-7-11)16-8-9-17-18(2,12)13/h2-10H,1,11-14H2;3-7H,1,8-9H2,2H3. The smallest absolute Gasteiger partial charge is 0.297 e. The van der Waals surface area contributed by atoms with Gasteiger partial charge in [-0.2, -0.15) is 16.8 Å². The van der Waals surface area contributed by atoms with Gasteiger partial charge in [0.25, 0.3) is 25.9 Å². The van der Waals surface area contributed by atoms with Gasteiger partial charge in [-0.15, -0.1) is 0 Å². The number of hydrogen-bond donors (Lipinski definition) is 0. The number of sulfone groups is 2. The Morgan fingerprint density at radius 1 is 0.592 bits per heavy atom. The van der Waals surface area contributed by atoms with Crippen LogP contribution < -0.4 is 9.47 Å².